The Balaban J connectivity index is 1.34. The highest BCUT2D eigenvalue weighted by Gasteiger charge is 2.34. The third-order valence-corrected chi connectivity index (χ3v) is 6.86. The van der Waals surface area contributed by atoms with Crippen molar-refractivity contribution in [2.75, 3.05) is 17.6 Å². The van der Waals surface area contributed by atoms with Crippen LogP contribution in [0.2, 0.25) is 0 Å². The second kappa shape index (κ2) is 7.40. The van der Waals surface area contributed by atoms with Gasteiger partial charge in [-0.15, -0.1) is 11.8 Å². The van der Waals surface area contributed by atoms with Gasteiger partial charge in [0.15, 0.2) is 0 Å². The molecule has 2 aliphatic carbocycles. The average molecular weight is 359 g/mol. The Labute approximate surface area is 153 Å². The maximum Gasteiger partial charge on any atom is 0.234 e. The second-order valence-electron chi connectivity index (χ2n) is 7.53. The minimum atomic E-state index is 0.0820. The molecule has 134 valence electrons. The molecule has 1 heterocycles. The molecule has 1 aromatic carbocycles. The highest BCUT2D eigenvalue weighted by Crippen LogP contribution is 2.33. The van der Waals surface area contributed by atoms with Gasteiger partial charge in [-0.1, -0.05) is 18.9 Å². The van der Waals surface area contributed by atoms with Gasteiger partial charge in [-0.2, -0.15) is 0 Å². The van der Waals surface area contributed by atoms with E-state index in [9.17, 15) is 9.59 Å². The Bertz CT molecular complexity index is 666. The van der Waals surface area contributed by atoms with Gasteiger partial charge in [0.25, 0.3) is 0 Å². The first-order chi connectivity index (χ1) is 12.2. The molecule has 4 nitrogen and oxygen atoms in total. The van der Waals surface area contributed by atoms with E-state index in [2.05, 4.69) is 17.4 Å². The van der Waals surface area contributed by atoms with Crippen molar-refractivity contribution in [1.29, 1.82) is 0 Å². The van der Waals surface area contributed by atoms with Gasteiger partial charge >= 0.3 is 0 Å². The van der Waals surface area contributed by atoms with E-state index < -0.39 is 0 Å². The first kappa shape index (κ1) is 17.0. The van der Waals surface area contributed by atoms with Crippen LogP contribution in [0.4, 0.5) is 5.69 Å². The summed E-state index contributed by atoms with van der Waals surface area (Å²) in [4.78, 5) is 26.5. The van der Waals surface area contributed by atoms with Gasteiger partial charge < -0.3 is 10.2 Å². The summed E-state index contributed by atoms with van der Waals surface area (Å²) in [6, 6.07) is 6.16. The first-order valence-electron chi connectivity index (χ1n) is 9.51. The number of carbonyl (C=O) groups is 2. The van der Waals surface area contributed by atoms with Gasteiger partial charge in [-0.05, 0) is 55.4 Å². The van der Waals surface area contributed by atoms with E-state index in [1.54, 1.807) is 11.8 Å². The molecule has 0 bridgehead atoms. The predicted octanol–water partition coefficient (Wildman–Crippen LogP) is 3.60. The molecule has 1 aromatic rings. The van der Waals surface area contributed by atoms with Gasteiger partial charge in [0, 0.05) is 29.9 Å². The van der Waals surface area contributed by atoms with E-state index in [1.807, 2.05) is 11.0 Å². The molecule has 4 rings (SSSR count). The first-order valence-corrected chi connectivity index (χ1v) is 10.6. The molecule has 0 atom stereocenters. The smallest absolute Gasteiger partial charge is 0.234 e. The Kier molecular flexibility index (Phi) is 5.02. The number of hydrogen-bond acceptors (Lipinski definition) is 3. The van der Waals surface area contributed by atoms with E-state index in [4.69, 9.17) is 0 Å². The molecule has 0 unspecified atom stereocenters. The van der Waals surface area contributed by atoms with Crippen LogP contribution < -0.4 is 5.32 Å². The molecule has 2 saturated carbocycles. The zero-order valence-corrected chi connectivity index (χ0v) is 15.4. The monoisotopic (exact) mass is 358 g/mol. The molecule has 3 aliphatic rings. The SMILES string of the molecule is O=C(CSC1CCCC1)Nc1ccc2c(c1)CN(C(=O)C1CC1)CC2. The number of fused-ring (bicyclic) bond motifs is 1. The number of carbonyl (C=O) groups excluding carboxylic acids is 2. The van der Waals surface area contributed by atoms with E-state index in [0.29, 0.717) is 23.5 Å². The van der Waals surface area contributed by atoms with Crippen LogP contribution in [-0.2, 0) is 22.6 Å². The molecule has 2 amide bonds. The van der Waals surface area contributed by atoms with Crippen LogP contribution in [0.15, 0.2) is 18.2 Å². The minimum Gasteiger partial charge on any atom is -0.338 e. The second-order valence-corrected chi connectivity index (χ2v) is 8.82. The third-order valence-electron chi connectivity index (χ3n) is 5.49. The molecule has 0 spiro atoms. The number of nitrogens with zero attached hydrogens (tertiary/aromatic N) is 1. The normalized spacial score (nSPS) is 20.4. The average Bonchev–Trinajstić information content (AvgIpc) is 3.34. The van der Waals surface area contributed by atoms with Gasteiger partial charge in [0.05, 0.1) is 5.75 Å². The molecule has 2 fully saturated rings. The maximum absolute atomic E-state index is 12.3. The van der Waals surface area contributed by atoms with Crippen molar-refractivity contribution in [1.82, 2.24) is 4.90 Å². The zero-order valence-electron chi connectivity index (χ0n) is 14.6. The summed E-state index contributed by atoms with van der Waals surface area (Å²) in [6.07, 6.45) is 8.14. The quantitative estimate of drug-likeness (QED) is 0.875. The van der Waals surface area contributed by atoms with Crippen LogP contribution in [0.1, 0.15) is 49.7 Å². The van der Waals surface area contributed by atoms with Gasteiger partial charge in [-0.25, -0.2) is 0 Å². The highest BCUT2D eigenvalue weighted by molar-refractivity contribution is 8.00. The van der Waals surface area contributed by atoms with Crippen molar-refractivity contribution >= 4 is 29.3 Å². The van der Waals surface area contributed by atoms with Crippen molar-refractivity contribution in [3.05, 3.63) is 29.3 Å². The Morgan fingerprint density at radius 1 is 1.12 bits per heavy atom. The topological polar surface area (TPSA) is 49.4 Å². The van der Waals surface area contributed by atoms with E-state index >= 15 is 0 Å². The van der Waals surface area contributed by atoms with Crippen molar-refractivity contribution in [2.45, 2.75) is 56.7 Å². The van der Waals surface area contributed by atoms with Crippen molar-refractivity contribution in [3.8, 4) is 0 Å². The molecule has 25 heavy (non-hydrogen) atoms. The Morgan fingerprint density at radius 3 is 2.68 bits per heavy atom. The lowest BCUT2D eigenvalue weighted by molar-refractivity contribution is -0.133. The largest absolute Gasteiger partial charge is 0.338 e. The highest BCUT2D eigenvalue weighted by atomic mass is 32.2. The zero-order chi connectivity index (χ0) is 17.2. The molecule has 0 aromatic heterocycles. The Hall–Kier alpha value is -1.49. The van der Waals surface area contributed by atoms with Crippen molar-refractivity contribution in [3.63, 3.8) is 0 Å². The van der Waals surface area contributed by atoms with Crippen LogP contribution >= 0.6 is 11.8 Å². The summed E-state index contributed by atoms with van der Waals surface area (Å²) in [5.74, 6) is 1.21. The molecule has 0 radical (unpaired) electrons. The van der Waals surface area contributed by atoms with E-state index in [-0.39, 0.29) is 11.8 Å². The lowest BCUT2D eigenvalue weighted by atomic mass is 9.98. The summed E-state index contributed by atoms with van der Waals surface area (Å²) >= 11 is 1.79. The maximum atomic E-state index is 12.3. The summed E-state index contributed by atoms with van der Waals surface area (Å²) in [5.41, 5.74) is 3.34. The van der Waals surface area contributed by atoms with Crippen molar-refractivity contribution in [2.24, 2.45) is 5.92 Å². The fourth-order valence-electron chi connectivity index (χ4n) is 3.86. The van der Waals surface area contributed by atoms with Gasteiger partial charge in [0.2, 0.25) is 11.8 Å². The number of thioether (sulfide) groups is 1. The molecular weight excluding hydrogens is 332 g/mol. The predicted molar refractivity (Wildman–Crippen MR) is 102 cm³/mol. The molecular formula is C20H26N2O2S. The van der Waals surface area contributed by atoms with Crippen LogP contribution in [0.3, 0.4) is 0 Å². The Morgan fingerprint density at radius 2 is 1.92 bits per heavy atom. The van der Waals surface area contributed by atoms with Crippen LogP contribution in [0, 0.1) is 5.92 Å². The number of rotatable bonds is 5. The van der Waals surface area contributed by atoms with Crippen LogP contribution in [-0.4, -0.2) is 34.3 Å². The number of anilines is 1. The van der Waals surface area contributed by atoms with E-state index in [1.165, 1.54) is 36.8 Å². The van der Waals surface area contributed by atoms with Gasteiger partial charge in [-0.3, -0.25) is 9.59 Å². The third kappa shape index (κ3) is 4.20. The van der Waals surface area contributed by atoms with Crippen LogP contribution in [0.25, 0.3) is 0 Å². The fourth-order valence-corrected chi connectivity index (χ4v) is 4.98. The number of benzene rings is 1. The van der Waals surface area contributed by atoms with Crippen LogP contribution in [0.5, 0.6) is 0 Å². The number of nitrogens with one attached hydrogen (secondary N) is 1. The van der Waals surface area contributed by atoms with Gasteiger partial charge in [0.1, 0.15) is 0 Å². The summed E-state index contributed by atoms with van der Waals surface area (Å²) < 4.78 is 0. The fraction of sp³-hybridized carbons (Fsp3) is 0.600. The summed E-state index contributed by atoms with van der Waals surface area (Å²) in [6.45, 7) is 1.51. The standard InChI is InChI=1S/C20H26N2O2S/c23-19(13-25-18-3-1-2-4-18)21-17-8-7-14-9-10-22(12-16(14)11-17)20(24)15-5-6-15/h7-8,11,15,18H,1-6,9-10,12-13H2,(H,21,23). The molecule has 0 saturated heterocycles. The summed E-state index contributed by atoms with van der Waals surface area (Å²) in [5, 5.41) is 3.70. The summed E-state index contributed by atoms with van der Waals surface area (Å²) in [7, 11) is 0. The van der Waals surface area contributed by atoms with Crippen molar-refractivity contribution < 1.29 is 9.59 Å². The lowest BCUT2D eigenvalue weighted by Crippen LogP contribution is -2.36. The molecule has 1 aliphatic heterocycles. The molecule has 5 heteroatoms. The molecule has 1 N–H and O–H groups in total. The number of amides is 2. The van der Waals surface area contributed by atoms with E-state index in [0.717, 1.165) is 31.5 Å². The lowest BCUT2D eigenvalue weighted by Gasteiger charge is -2.29. The number of hydrogen-bond donors (Lipinski definition) is 1. The minimum absolute atomic E-state index is 0.0820.